The lowest BCUT2D eigenvalue weighted by atomic mass is 10.2. The van der Waals surface area contributed by atoms with Crippen molar-refractivity contribution in [2.75, 3.05) is 32.1 Å². The number of amides is 1. The van der Waals surface area contributed by atoms with Gasteiger partial charge in [0.25, 0.3) is 0 Å². The number of nitrogens with zero attached hydrogens (tertiary/aromatic N) is 3. The third-order valence-electron chi connectivity index (χ3n) is 3.66. The van der Waals surface area contributed by atoms with Crippen LogP contribution in [0.1, 0.15) is 13.8 Å². The number of aromatic amines is 1. The summed E-state index contributed by atoms with van der Waals surface area (Å²) in [4.78, 5) is 18.5. The number of carbonyl (C=O) groups excluding carboxylic acids is 1. The van der Waals surface area contributed by atoms with E-state index in [0.717, 1.165) is 11.3 Å². The third kappa shape index (κ3) is 4.73. The highest BCUT2D eigenvalue weighted by Crippen LogP contribution is 2.29. The lowest BCUT2D eigenvalue weighted by Crippen LogP contribution is -2.41. The van der Waals surface area contributed by atoms with Gasteiger partial charge in [0.15, 0.2) is 5.82 Å². The summed E-state index contributed by atoms with van der Waals surface area (Å²) in [6, 6.07) is 7.70. The summed E-state index contributed by atoms with van der Waals surface area (Å²) in [5, 5.41) is 7.69. The van der Waals surface area contributed by atoms with Crippen molar-refractivity contribution in [3.8, 4) is 17.1 Å². The van der Waals surface area contributed by atoms with Crippen molar-refractivity contribution in [3.63, 3.8) is 0 Å². The smallest absolute Gasteiger partial charge is 0.233 e. The maximum absolute atomic E-state index is 12.2. The quantitative estimate of drug-likeness (QED) is 0.794. The predicted octanol–water partition coefficient (Wildman–Crippen LogP) is 2.21. The minimum atomic E-state index is 0.0732. The summed E-state index contributed by atoms with van der Waals surface area (Å²) in [5.41, 5.74) is 0.857. The molecule has 0 bridgehead atoms. The van der Waals surface area contributed by atoms with E-state index in [1.54, 1.807) is 0 Å². The van der Waals surface area contributed by atoms with Gasteiger partial charge < -0.3 is 14.4 Å². The van der Waals surface area contributed by atoms with Crippen molar-refractivity contribution in [1.29, 1.82) is 0 Å². The summed E-state index contributed by atoms with van der Waals surface area (Å²) in [5.74, 6) is 1.80. The van der Waals surface area contributed by atoms with Gasteiger partial charge in [-0.25, -0.2) is 4.98 Å². The molecule has 134 valence electrons. The topological polar surface area (TPSA) is 80.3 Å². The summed E-state index contributed by atoms with van der Waals surface area (Å²) in [7, 11) is 0. The Labute approximate surface area is 151 Å². The van der Waals surface area contributed by atoms with Gasteiger partial charge in [-0.3, -0.25) is 9.89 Å². The minimum absolute atomic E-state index is 0.0732. The van der Waals surface area contributed by atoms with Gasteiger partial charge in [0.05, 0.1) is 30.6 Å². The van der Waals surface area contributed by atoms with E-state index in [0.29, 0.717) is 43.0 Å². The molecule has 0 spiro atoms. The number of hydrogen-bond donors (Lipinski definition) is 1. The van der Waals surface area contributed by atoms with E-state index in [-0.39, 0.29) is 12.0 Å². The molecule has 1 saturated heterocycles. The molecule has 1 aliphatic rings. The minimum Gasteiger partial charge on any atom is -0.490 e. The molecular formula is C17H22N4O3S. The molecule has 2 aromatic rings. The molecule has 8 heteroatoms. The molecule has 0 radical (unpaired) electrons. The van der Waals surface area contributed by atoms with Gasteiger partial charge in [-0.05, 0) is 26.0 Å². The van der Waals surface area contributed by atoms with Gasteiger partial charge >= 0.3 is 0 Å². The van der Waals surface area contributed by atoms with E-state index in [1.807, 2.05) is 43.0 Å². The van der Waals surface area contributed by atoms with Crippen LogP contribution in [0.15, 0.2) is 29.4 Å². The van der Waals surface area contributed by atoms with Gasteiger partial charge in [0.2, 0.25) is 11.1 Å². The number of morpholine rings is 1. The normalized spacial score (nSPS) is 14.8. The zero-order valence-electron chi connectivity index (χ0n) is 14.4. The summed E-state index contributed by atoms with van der Waals surface area (Å²) >= 11 is 1.33. The SMILES string of the molecule is CC(C)Oc1ccccc1-c1nc(SCC(=O)N2CCOCC2)n[nH]1. The maximum Gasteiger partial charge on any atom is 0.233 e. The van der Waals surface area contributed by atoms with Gasteiger partial charge in [-0.2, -0.15) is 0 Å². The highest BCUT2D eigenvalue weighted by atomic mass is 32.2. The Morgan fingerprint density at radius 2 is 2.12 bits per heavy atom. The van der Waals surface area contributed by atoms with E-state index in [4.69, 9.17) is 9.47 Å². The number of para-hydroxylation sites is 1. The Morgan fingerprint density at radius 3 is 2.88 bits per heavy atom. The molecule has 1 fully saturated rings. The van der Waals surface area contributed by atoms with E-state index >= 15 is 0 Å². The van der Waals surface area contributed by atoms with Crippen LogP contribution < -0.4 is 4.74 Å². The van der Waals surface area contributed by atoms with Crippen LogP contribution >= 0.6 is 11.8 Å². The number of carbonyl (C=O) groups is 1. The molecule has 3 rings (SSSR count). The van der Waals surface area contributed by atoms with Gasteiger partial charge in [0.1, 0.15) is 5.75 Å². The standard InChI is InChI=1S/C17H22N4O3S/c1-12(2)24-14-6-4-3-5-13(14)16-18-17(20-19-16)25-11-15(22)21-7-9-23-10-8-21/h3-6,12H,7-11H2,1-2H3,(H,18,19,20). The van der Waals surface area contributed by atoms with E-state index < -0.39 is 0 Å². The first-order valence-electron chi connectivity index (χ1n) is 8.30. The molecule has 1 aromatic carbocycles. The van der Waals surface area contributed by atoms with Crippen LogP contribution in [0, 0.1) is 0 Å². The second kappa shape index (κ2) is 8.35. The Morgan fingerprint density at radius 1 is 1.36 bits per heavy atom. The molecule has 1 N–H and O–H groups in total. The largest absolute Gasteiger partial charge is 0.490 e. The average Bonchev–Trinajstić information content (AvgIpc) is 3.09. The molecule has 1 aliphatic heterocycles. The summed E-state index contributed by atoms with van der Waals surface area (Å²) < 4.78 is 11.1. The van der Waals surface area contributed by atoms with Crippen LogP contribution in [0.3, 0.4) is 0 Å². The number of H-pyrrole nitrogens is 1. The summed E-state index contributed by atoms with van der Waals surface area (Å²) in [6.45, 7) is 6.48. The van der Waals surface area contributed by atoms with Gasteiger partial charge in [0, 0.05) is 13.1 Å². The van der Waals surface area contributed by atoms with E-state index in [1.165, 1.54) is 11.8 Å². The second-order valence-corrected chi connectivity index (χ2v) is 6.85. The Hall–Kier alpha value is -2.06. The summed E-state index contributed by atoms with van der Waals surface area (Å²) in [6.07, 6.45) is 0.0732. The van der Waals surface area contributed by atoms with Crippen LogP contribution in [-0.2, 0) is 9.53 Å². The van der Waals surface area contributed by atoms with Crippen molar-refractivity contribution >= 4 is 17.7 Å². The monoisotopic (exact) mass is 362 g/mol. The number of aromatic nitrogens is 3. The molecule has 25 heavy (non-hydrogen) atoms. The molecule has 1 aromatic heterocycles. The Balaban J connectivity index is 1.63. The first kappa shape index (κ1) is 17.8. The molecule has 0 aliphatic carbocycles. The first-order chi connectivity index (χ1) is 12.1. The van der Waals surface area contributed by atoms with Crippen molar-refractivity contribution in [2.45, 2.75) is 25.1 Å². The zero-order valence-corrected chi connectivity index (χ0v) is 15.2. The number of nitrogens with one attached hydrogen (secondary N) is 1. The fourth-order valence-electron chi connectivity index (χ4n) is 2.48. The van der Waals surface area contributed by atoms with Crippen molar-refractivity contribution in [2.24, 2.45) is 0 Å². The Kier molecular flexibility index (Phi) is 5.93. The lowest BCUT2D eigenvalue weighted by Gasteiger charge is -2.26. The zero-order chi connectivity index (χ0) is 17.6. The molecule has 0 unspecified atom stereocenters. The number of hydrogen-bond acceptors (Lipinski definition) is 6. The van der Waals surface area contributed by atoms with Crippen LogP contribution in [0.2, 0.25) is 0 Å². The molecular weight excluding hydrogens is 340 g/mol. The van der Waals surface area contributed by atoms with E-state index in [2.05, 4.69) is 15.2 Å². The van der Waals surface area contributed by atoms with E-state index in [9.17, 15) is 4.79 Å². The van der Waals surface area contributed by atoms with Crippen LogP contribution in [0.4, 0.5) is 0 Å². The first-order valence-corrected chi connectivity index (χ1v) is 9.29. The molecule has 2 heterocycles. The van der Waals surface area contributed by atoms with Crippen LogP contribution in [0.5, 0.6) is 5.75 Å². The number of rotatable bonds is 6. The van der Waals surface area contributed by atoms with Crippen LogP contribution in [0.25, 0.3) is 11.4 Å². The van der Waals surface area contributed by atoms with Crippen molar-refractivity contribution < 1.29 is 14.3 Å². The van der Waals surface area contributed by atoms with Crippen molar-refractivity contribution in [3.05, 3.63) is 24.3 Å². The lowest BCUT2D eigenvalue weighted by molar-refractivity contribution is -0.132. The highest BCUT2D eigenvalue weighted by molar-refractivity contribution is 7.99. The fraction of sp³-hybridized carbons (Fsp3) is 0.471. The number of thioether (sulfide) groups is 1. The maximum atomic E-state index is 12.2. The van der Waals surface area contributed by atoms with Crippen molar-refractivity contribution in [1.82, 2.24) is 20.1 Å². The molecule has 1 amide bonds. The second-order valence-electron chi connectivity index (χ2n) is 5.91. The third-order valence-corrected chi connectivity index (χ3v) is 4.49. The molecule has 7 nitrogen and oxygen atoms in total. The van der Waals surface area contributed by atoms with Gasteiger partial charge in [-0.15, -0.1) is 5.10 Å². The highest BCUT2D eigenvalue weighted by Gasteiger charge is 2.18. The number of benzene rings is 1. The average molecular weight is 362 g/mol. The molecule has 0 saturated carbocycles. The molecule has 0 atom stereocenters. The fourth-order valence-corrected chi connectivity index (χ4v) is 3.18. The number of ether oxygens (including phenoxy) is 2. The Bertz CT molecular complexity index is 713. The predicted molar refractivity (Wildman–Crippen MR) is 95.7 cm³/mol. The van der Waals surface area contributed by atoms with Gasteiger partial charge in [-0.1, -0.05) is 23.9 Å². The van der Waals surface area contributed by atoms with Crippen LogP contribution in [-0.4, -0.2) is 64.1 Å².